The smallest absolute Gasteiger partial charge is 0.344 e. The molecule has 0 aliphatic carbocycles. The lowest BCUT2D eigenvalue weighted by molar-refractivity contribution is -0.145. The van der Waals surface area contributed by atoms with Gasteiger partial charge in [-0.15, -0.1) is 0 Å². The van der Waals surface area contributed by atoms with E-state index >= 15 is 0 Å². The Balaban J connectivity index is 1.45. The zero-order valence-corrected chi connectivity index (χ0v) is 19.1. The first kappa shape index (κ1) is 23.2. The number of aliphatic carboxylic acids is 1. The second-order valence-corrected chi connectivity index (χ2v) is 7.86. The summed E-state index contributed by atoms with van der Waals surface area (Å²) in [6.07, 6.45) is 0.235. The van der Waals surface area contributed by atoms with Gasteiger partial charge in [-0.05, 0) is 54.8 Å². The third-order valence-electron chi connectivity index (χ3n) is 5.42. The molecule has 1 unspecified atom stereocenters. The van der Waals surface area contributed by atoms with E-state index in [2.05, 4.69) is 9.88 Å². The maximum atomic E-state index is 11.3. The van der Waals surface area contributed by atoms with Crippen molar-refractivity contribution in [1.82, 2.24) is 4.98 Å². The summed E-state index contributed by atoms with van der Waals surface area (Å²) in [5.41, 5.74) is 2.57. The van der Waals surface area contributed by atoms with Crippen molar-refractivity contribution in [3.63, 3.8) is 0 Å². The number of aromatic nitrogens is 1. The van der Waals surface area contributed by atoms with E-state index in [9.17, 15) is 9.90 Å². The van der Waals surface area contributed by atoms with Crippen LogP contribution in [0, 0.1) is 0 Å². The normalized spacial score (nSPS) is 11.8. The number of rotatable bonds is 12. The van der Waals surface area contributed by atoms with Gasteiger partial charge in [0.25, 0.3) is 6.01 Å². The molecule has 0 aliphatic heterocycles. The Bertz CT molecular complexity index is 1170. The molecule has 1 heterocycles. The fourth-order valence-electron chi connectivity index (χ4n) is 3.60. The number of carboxylic acids is 1. The Kier molecular flexibility index (Phi) is 7.65. The number of oxazole rings is 1. The number of benzene rings is 3. The van der Waals surface area contributed by atoms with E-state index < -0.39 is 12.1 Å². The minimum absolute atomic E-state index is 0.395. The van der Waals surface area contributed by atoms with Gasteiger partial charge < -0.3 is 23.9 Å². The van der Waals surface area contributed by atoms with Crippen molar-refractivity contribution < 1.29 is 23.8 Å². The largest absolute Gasteiger partial charge is 0.492 e. The summed E-state index contributed by atoms with van der Waals surface area (Å²) in [6, 6.07) is 25.5. The molecule has 4 rings (SSSR count). The van der Waals surface area contributed by atoms with Crippen LogP contribution < -0.4 is 14.4 Å². The average Bonchev–Trinajstić information content (AvgIpc) is 3.29. The minimum Gasteiger partial charge on any atom is -0.492 e. The average molecular weight is 461 g/mol. The number of anilines is 1. The fourth-order valence-corrected chi connectivity index (χ4v) is 3.60. The number of ether oxygens (including phenoxy) is 2. The third-order valence-corrected chi connectivity index (χ3v) is 5.42. The fraction of sp³-hybridized carbons (Fsp3) is 0.259. The molecule has 0 amide bonds. The third kappa shape index (κ3) is 6.07. The number of carboxylic acid groups (broad SMARTS) is 1. The van der Waals surface area contributed by atoms with Crippen LogP contribution in [-0.4, -0.2) is 41.9 Å². The monoisotopic (exact) mass is 460 g/mol. The molecular formula is C27H28N2O5. The van der Waals surface area contributed by atoms with Gasteiger partial charge in [0.1, 0.15) is 23.6 Å². The minimum atomic E-state index is -0.964. The lowest BCUT2D eigenvalue weighted by Crippen LogP contribution is -2.30. The first-order chi connectivity index (χ1) is 16.6. The van der Waals surface area contributed by atoms with Crippen molar-refractivity contribution in [3.8, 4) is 11.5 Å². The highest BCUT2D eigenvalue weighted by atomic mass is 16.5. The topological polar surface area (TPSA) is 85.0 Å². The van der Waals surface area contributed by atoms with Crippen molar-refractivity contribution in [2.24, 2.45) is 0 Å². The van der Waals surface area contributed by atoms with Crippen LogP contribution in [0.5, 0.6) is 11.5 Å². The molecule has 0 aliphatic rings. The van der Waals surface area contributed by atoms with Crippen molar-refractivity contribution >= 4 is 23.1 Å². The molecule has 1 N–H and O–H groups in total. The second kappa shape index (κ2) is 11.2. The van der Waals surface area contributed by atoms with E-state index in [0.717, 1.165) is 22.4 Å². The molecule has 4 aromatic rings. The summed E-state index contributed by atoms with van der Waals surface area (Å²) in [5.74, 6) is 0.398. The van der Waals surface area contributed by atoms with Crippen molar-refractivity contribution in [1.29, 1.82) is 0 Å². The van der Waals surface area contributed by atoms with Crippen LogP contribution in [0.1, 0.15) is 18.9 Å². The number of hydrogen-bond donors (Lipinski definition) is 1. The first-order valence-electron chi connectivity index (χ1n) is 11.4. The Labute approximate surface area is 198 Å². The summed E-state index contributed by atoms with van der Waals surface area (Å²) in [7, 11) is 0. The summed E-state index contributed by atoms with van der Waals surface area (Å²) in [6.45, 7) is 3.50. The van der Waals surface area contributed by atoms with Crippen LogP contribution in [0.2, 0.25) is 0 Å². The van der Waals surface area contributed by atoms with Gasteiger partial charge in [0.15, 0.2) is 11.7 Å². The van der Waals surface area contributed by atoms with Crippen LogP contribution in [0.15, 0.2) is 83.3 Å². The van der Waals surface area contributed by atoms with Crippen molar-refractivity contribution in [3.05, 3.63) is 84.4 Å². The van der Waals surface area contributed by atoms with Gasteiger partial charge in [0.05, 0.1) is 6.54 Å². The van der Waals surface area contributed by atoms with E-state index in [1.54, 1.807) is 13.0 Å². The SMILES string of the molecule is CCC(Oc1cccc(CCN(CCOc2ccccc2)c2nc3ccccc3o2)c1)C(=O)O. The van der Waals surface area contributed by atoms with Crippen LogP contribution in [0.4, 0.5) is 6.01 Å². The Morgan fingerprint density at radius 1 is 1.00 bits per heavy atom. The molecule has 0 saturated heterocycles. The van der Waals surface area contributed by atoms with Gasteiger partial charge >= 0.3 is 5.97 Å². The van der Waals surface area contributed by atoms with Crippen LogP contribution in [0.3, 0.4) is 0 Å². The van der Waals surface area contributed by atoms with E-state index in [0.29, 0.717) is 44.3 Å². The van der Waals surface area contributed by atoms with E-state index in [1.807, 2.05) is 72.8 Å². The Morgan fingerprint density at radius 3 is 2.53 bits per heavy atom. The summed E-state index contributed by atoms with van der Waals surface area (Å²) in [4.78, 5) is 18.0. The highest BCUT2D eigenvalue weighted by Gasteiger charge is 2.18. The van der Waals surface area contributed by atoms with Gasteiger partial charge in [-0.2, -0.15) is 4.98 Å². The Hall–Kier alpha value is -4.00. The van der Waals surface area contributed by atoms with Crippen LogP contribution in [0.25, 0.3) is 11.1 Å². The molecule has 7 heteroatoms. The highest BCUT2D eigenvalue weighted by molar-refractivity contribution is 5.74. The lowest BCUT2D eigenvalue weighted by Gasteiger charge is -2.21. The number of hydrogen-bond acceptors (Lipinski definition) is 6. The molecule has 0 spiro atoms. The quantitative estimate of drug-likeness (QED) is 0.311. The summed E-state index contributed by atoms with van der Waals surface area (Å²) in [5, 5.41) is 9.27. The van der Waals surface area contributed by atoms with Gasteiger partial charge in [-0.25, -0.2) is 4.79 Å². The number of carbonyl (C=O) groups is 1. The zero-order valence-electron chi connectivity index (χ0n) is 19.1. The highest BCUT2D eigenvalue weighted by Crippen LogP contribution is 2.23. The number of fused-ring (bicyclic) bond motifs is 1. The molecule has 1 atom stereocenters. The van der Waals surface area contributed by atoms with E-state index in [1.165, 1.54) is 0 Å². The van der Waals surface area contributed by atoms with Crippen LogP contribution in [-0.2, 0) is 11.2 Å². The molecule has 34 heavy (non-hydrogen) atoms. The van der Waals surface area contributed by atoms with Gasteiger partial charge in [-0.1, -0.05) is 49.4 Å². The summed E-state index contributed by atoms with van der Waals surface area (Å²) >= 11 is 0. The predicted octanol–water partition coefficient (Wildman–Crippen LogP) is 5.20. The van der Waals surface area contributed by atoms with Gasteiger partial charge in [0.2, 0.25) is 0 Å². The van der Waals surface area contributed by atoms with Gasteiger partial charge in [-0.3, -0.25) is 0 Å². The van der Waals surface area contributed by atoms with Gasteiger partial charge in [0, 0.05) is 6.54 Å². The standard InChI is InChI=1S/C27H28N2O5/c1-2-24(26(30)31)33-22-12-8-9-20(19-22)15-16-29(17-18-32-21-10-4-3-5-11-21)27-28-23-13-6-7-14-25(23)34-27/h3-14,19,24H,2,15-18H2,1H3,(H,30,31). The van der Waals surface area contributed by atoms with Crippen LogP contribution >= 0.6 is 0 Å². The maximum Gasteiger partial charge on any atom is 0.344 e. The first-order valence-corrected chi connectivity index (χ1v) is 11.4. The van der Waals surface area contributed by atoms with Crippen molar-refractivity contribution in [2.45, 2.75) is 25.9 Å². The zero-order chi connectivity index (χ0) is 23.8. The molecule has 3 aromatic carbocycles. The second-order valence-electron chi connectivity index (χ2n) is 7.86. The molecular weight excluding hydrogens is 432 g/mol. The molecule has 176 valence electrons. The van der Waals surface area contributed by atoms with E-state index in [4.69, 9.17) is 13.9 Å². The summed E-state index contributed by atoms with van der Waals surface area (Å²) < 4.78 is 17.5. The van der Waals surface area contributed by atoms with E-state index in [-0.39, 0.29) is 0 Å². The lowest BCUT2D eigenvalue weighted by atomic mass is 10.1. The molecule has 0 fully saturated rings. The molecule has 0 saturated carbocycles. The molecule has 0 bridgehead atoms. The molecule has 0 radical (unpaired) electrons. The predicted molar refractivity (Wildman–Crippen MR) is 131 cm³/mol. The van der Waals surface area contributed by atoms with Crippen molar-refractivity contribution in [2.75, 3.05) is 24.6 Å². The number of para-hydroxylation sites is 3. The molecule has 1 aromatic heterocycles. The maximum absolute atomic E-state index is 11.3. The number of nitrogens with zero attached hydrogens (tertiary/aromatic N) is 2. The molecule has 7 nitrogen and oxygen atoms in total. The Morgan fingerprint density at radius 2 is 1.76 bits per heavy atom.